The van der Waals surface area contributed by atoms with Crippen molar-refractivity contribution in [2.24, 2.45) is 0 Å². The Bertz CT molecular complexity index is 1000. The maximum atomic E-state index is 11.7. The molecular weight excluding hydrogens is 368 g/mol. The fourth-order valence-corrected chi connectivity index (χ4v) is 2.72. The number of aryl methyl sites for hydroxylation is 3. The molecule has 0 spiro atoms. The fraction of sp³-hybridized carbons (Fsp3) is 0.158. The van der Waals surface area contributed by atoms with Crippen LogP contribution in [0.5, 0.6) is 11.6 Å². The second-order valence-corrected chi connectivity index (χ2v) is 6.42. The van der Waals surface area contributed by atoms with E-state index in [-0.39, 0.29) is 17.4 Å². The van der Waals surface area contributed by atoms with Crippen LogP contribution >= 0.6 is 11.6 Å². The first-order valence-corrected chi connectivity index (χ1v) is 8.51. The molecule has 0 atom stereocenters. The van der Waals surface area contributed by atoms with Gasteiger partial charge in [0.25, 0.3) is 0 Å². The molecule has 1 aromatic heterocycles. The van der Waals surface area contributed by atoms with Gasteiger partial charge in [-0.3, -0.25) is 10.1 Å². The molecule has 0 aliphatic heterocycles. The molecule has 0 fully saturated rings. The Morgan fingerprint density at radius 1 is 1.07 bits per heavy atom. The van der Waals surface area contributed by atoms with Crippen molar-refractivity contribution >= 4 is 28.8 Å². The molecule has 0 aliphatic rings. The van der Waals surface area contributed by atoms with E-state index < -0.39 is 4.92 Å². The van der Waals surface area contributed by atoms with Gasteiger partial charge in [0, 0.05) is 10.7 Å². The number of benzene rings is 2. The highest BCUT2D eigenvalue weighted by Crippen LogP contribution is 2.37. The third kappa shape index (κ3) is 3.98. The number of nitrogens with one attached hydrogen (secondary N) is 1. The largest absolute Gasteiger partial charge is 0.434 e. The lowest BCUT2D eigenvalue weighted by atomic mass is 10.1. The van der Waals surface area contributed by atoms with Crippen LogP contribution in [-0.4, -0.2) is 14.9 Å². The Balaban J connectivity index is 2.02. The molecule has 0 aliphatic carbocycles. The molecule has 1 N–H and O–H groups in total. The number of rotatable bonds is 5. The lowest BCUT2D eigenvalue weighted by molar-refractivity contribution is -0.385. The number of halogens is 1. The van der Waals surface area contributed by atoms with E-state index in [9.17, 15) is 10.1 Å². The molecule has 0 saturated carbocycles. The minimum Gasteiger partial charge on any atom is -0.434 e. The Kier molecular flexibility index (Phi) is 5.23. The molecule has 8 heteroatoms. The quantitative estimate of drug-likeness (QED) is 0.461. The summed E-state index contributed by atoms with van der Waals surface area (Å²) in [4.78, 5) is 19.1. The Labute approximate surface area is 161 Å². The summed E-state index contributed by atoms with van der Waals surface area (Å²) in [6.07, 6.45) is 1.22. The van der Waals surface area contributed by atoms with Crippen LogP contribution in [0.25, 0.3) is 0 Å². The molecule has 0 bridgehead atoms. The number of hydrogen-bond donors (Lipinski definition) is 1. The monoisotopic (exact) mass is 384 g/mol. The summed E-state index contributed by atoms with van der Waals surface area (Å²) in [5.41, 5.74) is 2.91. The van der Waals surface area contributed by atoms with Gasteiger partial charge in [-0.25, -0.2) is 4.98 Å². The van der Waals surface area contributed by atoms with Crippen molar-refractivity contribution in [3.8, 4) is 11.6 Å². The van der Waals surface area contributed by atoms with E-state index in [0.29, 0.717) is 16.5 Å². The van der Waals surface area contributed by atoms with Crippen LogP contribution in [0.1, 0.15) is 16.7 Å². The smallest absolute Gasteiger partial charge is 0.373 e. The van der Waals surface area contributed by atoms with Gasteiger partial charge in [0.2, 0.25) is 5.82 Å². The second-order valence-electron chi connectivity index (χ2n) is 6.05. The molecule has 3 aromatic rings. The normalized spacial score (nSPS) is 10.5. The van der Waals surface area contributed by atoms with Gasteiger partial charge < -0.3 is 10.1 Å². The van der Waals surface area contributed by atoms with Gasteiger partial charge in [0.1, 0.15) is 12.1 Å². The van der Waals surface area contributed by atoms with E-state index in [1.807, 2.05) is 45.0 Å². The number of aromatic nitrogens is 2. The molecule has 3 rings (SSSR count). The van der Waals surface area contributed by atoms with Crippen molar-refractivity contribution in [2.45, 2.75) is 20.8 Å². The lowest BCUT2D eigenvalue weighted by Crippen LogP contribution is -2.04. The number of hydrogen-bond acceptors (Lipinski definition) is 6. The van der Waals surface area contributed by atoms with Gasteiger partial charge in [0.15, 0.2) is 0 Å². The number of nitro groups is 1. The maximum Gasteiger partial charge on any atom is 0.373 e. The number of para-hydroxylation sites is 1. The first kappa shape index (κ1) is 18.6. The van der Waals surface area contributed by atoms with Gasteiger partial charge >= 0.3 is 11.6 Å². The summed E-state index contributed by atoms with van der Waals surface area (Å²) in [6.45, 7) is 5.57. The van der Waals surface area contributed by atoms with Crippen molar-refractivity contribution in [3.63, 3.8) is 0 Å². The van der Waals surface area contributed by atoms with Gasteiger partial charge in [-0.2, -0.15) is 4.98 Å². The van der Waals surface area contributed by atoms with Gasteiger partial charge in [-0.1, -0.05) is 29.8 Å². The topological polar surface area (TPSA) is 90.2 Å². The van der Waals surface area contributed by atoms with Crippen LogP contribution in [0, 0.1) is 30.9 Å². The van der Waals surface area contributed by atoms with Crippen molar-refractivity contribution < 1.29 is 9.66 Å². The average molecular weight is 385 g/mol. The van der Waals surface area contributed by atoms with E-state index in [1.165, 1.54) is 6.33 Å². The van der Waals surface area contributed by atoms with Crippen molar-refractivity contribution in [3.05, 3.63) is 74.6 Å². The van der Waals surface area contributed by atoms with Crippen molar-refractivity contribution in [2.75, 3.05) is 5.32 Å². The molecule has 27 heavy (non-hydrogen) atoms. The second kappa shape index (κ2) is 7.59. The van der Waals surface area contributed by atoms with E-state index in [4.69, 9.17) is 16.3 Å². The maximum absolute atomic E-state index is 11.7. The predicted molar refractivity (Wildman–Crippen MR) is 104 cm³/mol. The summed E-state index contributed by atoms with van der Waals surface area (Å²) in [5, 5.41) is 15.3. The minimum absolute atomic E-state index is 0.0571. The molecule has 1 heterocycles. The van der Waals surface area contributed by atoms with Crippen LogP contribution in [0.15, 0.2) is 42.7 Å². The summed E-state index contributed by atoms with van der Waals surface area (Å²) in [6, 6.07) is 10.8. The highest BCUT2D eigenvalue weighted by molar-refractivity contribution is 6.32. The number of nitrogens with zero attached hydrogens (tertiary/aromatic N) is 3. The fourth-order valence-electron chi connectivity index (χ4n) is 2.61. The van der Waals surface area contributed by atoms with Gasteiger partial charge in [-0.15, -0.1) is 0 Å². The van der Waals surface area contributed by atoms with Crippen LogP contribution < -0.4 is 10.1 Å². The number of anilines is 2. The summed E-state index contributed by atoms with van der Waals surface area (Å²) < 4.78 is 5.70. The van der Waals surface area contributed by atoms with E-state index >= 15 is 0 Å². The molecule has 0 saturated heterocycles. The summed E-state index contributed by atoms with van der Waals surface area (Å²) in [5.74, 6) is 0.326. The van der Waals surface area contributed by atoms with Crippen LogP contribution in [0.3, 0.4) is 0 Å². The third-order valence-electron chi connectivity index (χ3n) is 3.99. The zero-order valence-corrected chi connectivity index (χ0v) is 15.7. The SMILES string of the molecule is Cc1ccccc1Nc1ncnc(Oc2cc(C)c(Cl)c(C)c2)c1[N+](=O)[O-]. The number of ether oxygens (including phenoxy) is 1. The van der Waals surface area contributed by atoms with Gasteiger partial charge in [0.05, 0.1) is 4.92 Å². The Morgan fingerprint density at radius 2 is 1.74 bits per heavy atom. The third-order valence-corrected chi connectivity index (χ3v) is 4.59. The van der Waals surface area contributed by atoms with E-state index in [2.05, 4.69) is 15.3 Å². The molecule has 0 amide bonds. The first-order valence-electron chi connectivity index (χ1n) is 8.13. The highest BCUT2D eigenvalue weighted by atomic mass is 35.5. The van der Waals surface area contributed by atoms with Crippen LogP contribution in [0.4, 0.5) is 17.2 Å². The Morgan fingerprint density at radius 3 is 2.37 bits per heavy atom. The molecule has 2 aromatic carbocycles. The van der Waals surface area contributed by atoms with E-state index in [1.54, 1.807) is 12.1 Å². The predicted octanol–water partition coefficient (Wildman–Crippen LogP) is 5.50. The molecule has 0 radical (unpaired) electrons. The van der Waals surface area contributed by atoms with Crippen molar-refractivity contribution in [1.29, 1.82) is 0 Å². The summed E-state index contributed by atoms with van der Waals surface area (Å²) in [7, 11) is 0. The highest BCUT2D eigenvalue weighted by Gasteiger charge is 2.25. The zero-order chi connectivity index (χ0) is 19.6. The first-order chi connectivity index (χ1) is 12.9. The van der Waals surface area contributed by atoms with Gasteiger partial charge in [-0.05, 0) is 55.7 Å². The molecular formula is C19H17ClN4O3. The standard InChI is InChI=1S/C19H17ClN4O3/c1-11-6-4-5-7-15(11)23-18-17(24(25)26)19(22-10-21-18)27-14-8-12(2)16(20)13(3)9-14/h4-10H,1-3H3,(H,21,22,23). The molecule has 0 unspecified atom stereocenters. The van der Waals surface area contributed by atoms with Crippen molar-refractivity contribution in [1.82, 2.24) is 9.97 Å². The Hall–Kier alpha value is -3.19. The minimum atomic E-state index is -0.564. The lowest BCUT2D eigenvalue weighted by Gasteiger charge is -2.12. The molecule has 7 nitrogen and oxygen atoms in total. The van der Waals surface area contributed by atoms with Crippen LogP contribution in [-0.2, 0) is 0 Å². The summed E-state index contributed by atoms with van der Waals surface area (Å²) >= 11 is 6.17. The molecule has 138 valence electrons. The van der Waals surface area contributed by atoms with Crippen LogP contribution in [0.2, 0.25) is 5.02 Å². The van der Waals surface area contributed by atoms with E-state index in [0.717, 1.165) is 16.7 Å². The average Bonchev–Trinajstić information content (AvgIpc) is 2.61. The zero-order valence-electron chi connectivity index (χ0n) is 15.0.